The van der Waals surface area contributed by atoms with Crippen molar-refractivity contribution < 1.29 is 4.79 Å². The summed E-state index contributed by atoms with van der Waals surface area (Å²) in [6, 6.07) is 10.2. The highest BCUT2D eigenvalue weighted by atomic mass is 16.2. The quantitative estimate of drug-likeness (QED) is 0.754. The number of aromatic nitrogens is 3. The number of carbonyl (C=O) groups is 1. The van der Waals surface area contributed by atoms with Crippen molar-refractivity contribution in [3.05, 3.63) is 53.5 Å². The van der Waals surface area contributed by atoms with E-state index in [0.29, 0.717) is 6.54 Å². The second-order valence-corrected chi connectivity index (χ2v) is 7.76. The topological polar surface area (TPSA) is 63.1 Å². The summed E-state index contributed by atoms with van der Waals surface area (Å²) in [5.41, 5.74) is 5.56. The van der Waals surface area contributed by atoms with Crippen molar-refractivity contribution in [3.63, 3.8) is 0 Å². The first-order chi connectivity index (χ1) is 13.7. The lowest BCUT2D eigenvalue weighted by atomic mass is 10.1. The monoisotopic (exact) mass is 375 g/mol. The van der Waals surface area contributed by atoms with Gasteiger partial charge in [0.25, 0.3) is 0 Å². The van der Waals surface area contributed by atoms with Gasteiger partial charge in [0, 0.05) is 37.4 Å². The van der Waals surface area contributed by atoms with Crippen LogP contribution in [0.25, 0.3) is 11.2 Å². The fraction of sp³-hybridized carbons (Fsp3) is 0.409. The lowest BCUT2D eigenvalue weighted by Crippen LogP contribution is -2.33. The molecule has 1 aliphatic heterocycles. The molecule has 0 radical (unpaired) electrons. The number of likely N-dealkylation sites (tertiary alicyclic amines) is 1. The Morgan fingerprint density at radius 3 is 3.04 bits per heavy atom. The molecule has 5 rings (SSSR count). The number of anilines is 1. The zero-order valence-electron chi connectivity index (χ0n) is 16.2. The first-order valence-electron chi connectivity index (χ1n) is 10.2. The van der Waals surface area contributed by atoms with Gasteiger partial charge in [-0.25, -0.2) is 14.8 Å². The minimum absolute atomic E-state index is 0.0160. The zero-order chi connectivity index (χ0) is 19.1. The molecule has 0 bridgehead atoms. The molecule has 1 fully saturated rings. The smallest absolute Gasteiger partial charge is 0.321 e. The molecule has 0 saturated carbocycles. The summed E-state index contributed by atoms with van der Waals surface area (Å²) in [4.78, 5) is 24.0. The van der Waals surface area contributed by atoms with Crippen LogP contribution in [0.15, 0.2) is 36.5 Å². The number of nitrogens with one attached hydrogen (secondary N) is 1. The van der Waals surface area contributed by atoms with Crippen LogP contribution in [0, 0.1) is 0 Å². The molecule has 1 unspecified atom stereocenters. The molecule has 1 saturated heterocycles. The summed E-state index contributed by atoms with van der Waals surface area (Å²) in [5, 5.41) is 3.09. The molecule has 144 valence electrons. The molecule has 1 atom stereocenters. The minimum Gasteiger partial charge on any atom is -0.324 e. The van der Waals surface area contributed by atoms with E-state index in [1.807, 2.05) is 29.3 Å². The van der Waals surface area contributed by atoms with Crippen molar-refractivity contribution in [1.29, 1.82) is 0 Å². The number of benzene rings is 1. The Labute approximate surface area is 164 Å². The summed E-state index contributed by atoms with van der Waals surface area (Å²) >= 11 is 0. The molecule has 2 amide bonds. The van der Waals surface area contributed by atoms with Crippen molar-refractivity contribution in [1.82, 2.24) is 19.4 Å². The lowest BCUT2D eigenvalue weighted by Gasteiger charge is -2.18. The number of rotatable bonds is 3. The van der Waals surface area contributed by atoms with E-state index in [-0.39, 0.29) is 11.9 Å². The molecule has 3 heterocycles. The zero-order valence-corrected chi connectivity index (χ0v) is 16.2. The Bertz CT molecular complexity index is 1040. The molecule has 6 nitrogen and oxygen atoms in total. The third kappa shape index (κ3) is 2.93. The van der Waals surface area contributed by atoms with E-state index in [0.717, 1.165) is 55.0 Å². The summed E-state index contributed by atoms with van der Waals surface area (Å²) in [5.74, 6) is 1.30. The van der Waals surface area contributed by atoms with Crippen LogP contribution in [0.3, 0.4) is 0 Å². The average Bonchev–Trinajstić information content (AvgIpc) is 3.44. The van der Waals surface area contributed by atoms with Crippen LogP contribution >= 0.6 is 0 Å². The van der Waals surface area contributed by atoms with Gasteiger partial charge in [-0.05, 0) is 68.0 Å². The lowest BCUT2D eigenvalue weighted by molar-refractivity contribution is 0.222. The highest BCUT2D eigenvalue weighted by Crippen LogP contribution is 2.30. The SMILES string of the molecule is CCn1c(C2CCN(C(=O)Nc3ccc4c(c3)CCC4)C2)nc2cccnc21. The molecular weight excluding hydrogens is 350 g/mol. The van der Waals surface area contributed by atoms with Crippen molar-refractivity contribution in [3.8, 4) is 0 Å². The number of fused-ring (bicyclic) bond motifs is 2. The number of carbonyl (C=O) groups excluding carboxylic acids is 1. The van der Waals surface area contributed by atoms with Gasteiger partial charge in [0.15, 0.2) is 5.65 Å². The van der Waals surface area contributed by atoms with E-state index in [1.54, 1.807) is 0 Å². The second-order valence-electron chi connectivity index (χ2n) is 7.76. The Balaban J connectivity index is 1.31. The minimum atomic E-state index is -0.0160. The summed E-state index contributed by atoms with van der Waals surface area (Å²) in [7, 11) is 0. The Hall–Kier alpha value is -2.89. The van der Waals surface area contributed by atoms with E-state index < -0.39 is 0 Å². The maximum absolute atomic E-state index is 12.8. The van der Waals surface area contributed by atoms with Gasteiger partial charge in [0.2, 0.25) is 0 Å². The van der Waals surface area contributed by atoms with Gasteiger partial charge in [0.05, 0.1) is 0 Å². The predicted octanol–water partition coefficient (Wildman–Crippen LogP) is 3.96. The largest absolute Gasteiger partial charge is 0.324 e. The van der Waals surface area contributed by atoms with E-state index >= 15 is 0 Å². The van der Waals surface area contributed by atoms with E-state index in [4.69, 9.17) is 4.98 Å². The first kappa shape index (κ1) is 17.2. The second kappa shape index (κ2) is 6.93. The van der Waals surface area contributed by atoms with Gasteiger partial charge >= 0.3 is 6.03 Å². The van der Waals surface area contributed by atoms with E-state index in [2.05, 4.69) is 33.9 Å². The van der Waals surface area contributed by atoms with Crippen LogP contribution in [0.4, 0.5) is 10.5 Å². The Morgan fingerprint density at radius 1 is 1.25 bits per heavy atom. The van der Waals surface area contributed by atoms with Crippen LogP contribution in [0.2, 0.25) is 0 Å². The third-order valence-electron chi connectivity index (χ3n) is 6.04. The van der Waals surface area contributed by atoms with Gasteiger partial charge in [-0.1, -0.05) is 6.07 Å². The number of pyridine rings is 1. The molecule has 2 aliphatic rings. The summed E-state index contributed by atoms with van der Waals surface area (Å²) < 4.78 is 2.18. The Morgan fingerprint density at radius 2 is 2.14 bits per heavy atom. The third-order valence-corrected chi connectivity index (χ3v) is 6.04. The molecule has 0 spiro atoms. The van der Waals surface area contributed by atoms with Crippen LogP contribution < -0.4 is 5.32 Å². The molecule has 28 heavy (non-hydrogen) atoms. The maximum Gasteiger partial charge on any atom is 0.321 e. The first-order valence-corrected chi connectivity index (χ1v) is 10.2. The number of aryl methyl sites for hydroxylation is 3. The Kier molecular flexibility index (Phi) is 4.26. The molecule has 1 aliphatic carbocycles. The summed E-state index contributed by atoms with van der Waals surface area (Å²) in [6.07, 6.45) is 6.23. The number of imidazole rings is 1. The highest BCUT2D eigenvalue weighted by molar-refractivity contribution is 5.89. The number of urea groups is 1. The fourth-order valence-electron chi connectivity index (χ4n) is 4.61. The maximum atomic E-state index is 12.8. The van der Waals surface area contributed by atoms with Crippen molar-refractivity contribution in [2.24, 2.45) is 0 Å². The number of nitrogens with zero attached hydrogens (tertiary/aromatic N) is 4. The highest BCUT2D eigenvalue weighted by Gasteiger charge is 2.31. The molecular formula is C22H25N5O. The number of hydrogen-bond acceptors (Lipinski definition) is 3. The summed E-state index contributed by atoms with van der Waals surface area (Å²) in [6.45, 7) is 4.40. The number of amides is 2. The van der Waals surface area contributed by atoms with Crippen molar-refractivity contribution >= 4 is 22.9 Å². The van der Waals surface area contributed by atoms with Crippen molar-refractivity contribution in [2.45, 2.75) is 45.1 Å². The molecule has 1 N–H and O–H groups in total. The van der Waals surface area contributed by atoms with Gasteiger partial charge < -0.3 is 14.8 Å². The molecule has 6 heteroatoms. The predicted molar refractivity (Wildman–Crippen MR) is 110 cm³/mol. The van der Waals surface area contributed by atoms with E-state index in [9.17, 15) is 4.79 Å². The molecule has 1 aromatic carbocycles. The fourth-order valence-corrected chi connectivity index (χ4v) is 4.61. The molecule has 3 aromatic rings. The molecule has 2 aromatic heterocycles. The van der Waals surface area contributed by atoms with E-state index in [1.165, 1.54) is 17.5 Å². The number of hydrogen-bond donors (Lipinski definition) is 1. The standard InChI is InChI=1S/C22H25N5O/c1-2-27-20(25-19-7-4-11-23-21(19)27)17-10-12-26(14-17)22(28)24-18-9-8-15-5-3-6-16(15)13-18/h4,7-9,11,13,17H,2-3,5-6,10,12,14H2,1H3,(H,24,28). The van der Waals surface area contributed by atoms with Gasteiger partial charge in [-0.2, -0.15) is 0 Å². The van der Waals surface area contributed by atoms with Gasteiger partial charge in [-0.15, -0.1) is 0 Å². The van der Waals surface area contributed by atoms with Crippen LogP contribution in [0.1, 0.15) is 42.6 Å². The van der Waals surface area contributed by atoms with Crippen LogP contribution in [-0.2, 0) is 19.4 Å². The average molecular weight is 375 g/mol. The normalized spacial score (nSPS) is 18.6. The van der Waals surface area contributed by atoms with Crippen LogP contribution in [0.5, 0.6) is 0 Å². The van der Waals surface area contributed by atoms with Crippen LogP contribution in [-0.4, -0.2) is 38.6 Å². The van der Waals surface area contributed by atoms with Crippen molar-refractivity contribution in [2.75, 3.05) is 18.4 Å². The van der Waals surface area contributed by atoms with Gasteiger partial charge in [0.1, 0.15) is 11.3 Å². The van der Waals surface area contributed by atoms with Gasteiger partial charge in [-0.3, -0.25) is 0 Å².